The molecule has 0 bridgehead atoms. The molecule has 0 radical (unpaired) electrons. The number of hydrogen-bond acceptors (Lipinski definition) is 4. The van der Waals surface area contributed by atoms with Crippen LogP contribution in [0.15, 0.2) is 10.5 Å². The number of aryl methyl sites for hydroxylation is 1. The molecule has 4 heteroatoms. The summed E-state index contributed by atoms with van der Waals surface area (Å²) in [7, 11) is 3.83. The van der Waals surface area contributed by atoms with Crippen LogP contribution in [0.2, 0.25) is 0 Å². The van der Waals surface area contributed by atoms with E-state index in [1.54, 1.807) is 7.11 Å². The van der Waals surface area contributed by atoms with Crippen LogP contribution in [-0.4, -0.2) is 38.3 Å². The Morgan fingerprint density at radius 3 is 2.65 bits per heavy atom. The number of furan rings is 1. The molecule has 0 aliphatic rings. The van der Waals surface area contributed by atoms with Crippen LogP contribution in [0.25, 0.3) is 0 Å². The van der Waals surface area contributed by atoms with Crippen LogP contribution in [0.5, 0.6) is 0 Å². The van der Waals surface area contributed by atoms with Crippen LogP contribution in [0.3, 0.4) is 0 Å². The van der Waals surface area contributed by atoms with Gasteiger partial charge in [-0.15, -0.1) is 0 Å². The molecular weight excluding hydrogens is 252 g/mol. The van der Waals surface area contributed by atoms with Crippen molar-refractivity contribution < 1.29 is 9.15 Å². The summed E-state index contributed by atoms with van der Waals surface area (Å²) in [6.45, 7) is 12.1. The van der Waals surface area contributed by atoms with Gasteiger partial charge in [0.1, 0.15) is 11.5 Å². The van der Waals surface area contributed by atoms with Crippen LogP contribution in [0.1, 0.15) is 37.9 Å². The Balaban J connectivity index is 2.51. The van der Waals surface area contributed by atoms with Gasteiger partial charge in [-0.05, 0) is 45.0 Å². The third-order valence-electron chi connectivity index (χ3n) is 3.48. The summed E-state index contributed by atoms with van der Waals surface area (Å²) in [6.07, 6.45) is 0. The van der Waals surface area contributed by atoms with Crippen LogP contribution >= 0.6 is 0 Å². The van der Waals surface area contributed by atoms with Crippen molar-refractivity contribution in [3.05, 3.63) is 23.2 Å². The number of hydrogen-bond donors (Lipinski definition) is 1. The van der Waals surface area contributed by atoms with Crippen LogP contribution in [0.4, 0.5) is 0 Å². The molecule has 0 amide bonds. The molecule has 0 saturated heterocycles. The van der Waals surface area contributed by atoms with Crippen molar-refractivity contribution in [3.8, 4) is 0 Å². The largest absolute Gasteiger partial charge is 0.463 e. The Hall–Kier alpha value is -0.840. The standard InChI is InChI=1S/C16H30N2O2/c1-12(2)8-17-9-16-13(3)7-15(20-16)10-18(5)14(4)11-19-6/h7,12,14,17H,8-11H2,1-6H3. The fourth-order valence-corrected chi connectivity index (χ4v) is 2.09. The quantitative estimate of drug-likeness (QED) is 0.756. The summed E-state index contributed by atoms with van der Waals surface area (Å²) in [5, 5.41) is 3.42. The van der Waals surface area contributed by atoms with E-state index < -0.39 is 0 Å². The lowest BCUT2D eigenvalue weighted by Gasteiger charge is -2.22. The molecule has 1 atom stereocenters. The number of ether oxygens (including phenoxy) is 1. The smallest absolute Gasteiger partial charge is 0.120 e. The maximum atomic E-state index is 5.95. The van der Waals surface area contributed by atoms with Crippen LogP contribution in [-0.2, 0) is 17.8 Å². The lowest BCUT2D eigenvalue weighted by Crippen LogP contribution is -2.32. The molecule has 0 aliphatic carbocycles. The van der Waals surface area contributed by atoms with Gasteiger partial charge in [0.05, 0.1) is 19.7 Å². The topological polar surface area (TPSA) is 37.6 Å². The summed E-state index contributed by atoms with van der Waals surface area (Å²) in [5.74, 6) is 2.73. The predicted molar refractivity (Wildman–Crippen MR) is 82.8 cm³/mol. The van der Waals surface area contributed by atoms with E-state index in [0.717, 1.165) is 37.8 Å². The van der Waals surface area contributed by atoms with E-state index in [2.05, 4.69) is 51.0 Å². The van der Waals surface area contributed by atoms with Gasteiger partial charge in [-0.3, -0.25) is 4.90 Å². The first-order chi connectivity index (χ1) is 9.43. The first kappa shape index (κ1) is 17.2. The molecule has 1 aromatic rings. The zero-order valence-corrected chi connectivity index (χ0v) is 13.8. The molecule has 0 aliphatic heterocycles. The Bertz CT molecular complexity index is 388. The van der Waals surface area contributed by atoms with Crippen LogP contribution < -0.4 is 5.32 Å². The van der Waals surface area contributed by atoms with Crippen molar-refractivity contribution in [1.29, 1.82) is 0 Å². The van der Waals surface area contributed by atoms with E-state index in [-0.39, 0.29) is 0 Å². The SMILES string of the molecule is COCC(C)N(C)Cc1cc(C)c(CNCC(C)C)o1. The third kappa shape index (κ3) is 5.65. The van der Waals surface area contributed by atoms with E-state index in [0.29, 0.717) is 12.0 Å². The minimum atomic E-state index is 0.382. The monoisotopic (exact) mass is 282 g/mol. The van der Waals surface area contributed by atoms with Crippen molar-refractivity contribution in [1.82, 2.24) is 10.2 Å². The van der Waals surface area contributed by atoms with Gasteiger partial charge in [-0.1, -0.05) is 13.8 Å². The van der Waals surface area contributed by atoms with Gasteiger partial charge in [0, 0.05) is 13.2 Å². The molecule has 1 rings (SSSR count). The minimum Gasteiger partial charge on any atom is -0.463 e. The van der Waals surface area contributed by atoms with E-state index in [1.807, 2.05) is 0 Å². The maximum Gasteiger partial charge on any atom is 0.120 e. The molecule has 0 aromatic carbocycles. The molecule has 4 nitrogen and oxygen atoms in total. The second-order valence-electron chi connectivity index (χ2n) is 6.06. The Labute approximate surface area is 123 Å². The minimum absolute atomic E-state index is 0.382. The van der Waals surface area contributed by atoms with E-state index >= 15 is 0 Å². The summed E-state index contributed by atoms with van der Waals surface area (Å²) in [4.78, 5) is 2.24. The fraction of sp³-hybridized carbons (Fsp3) is 0.750. The van der Waals surface area contributed by atoms with E-state index in [4.69, 9.17) is 9.15 Å². The highest BCUT2D eigenvalue weighted by atomic mass is 16.5. The highest BCUT2D eigenvalue weighted by Crippen LogP contribution is 2.17. The second kappa shape index (κ2) is 8.45. The zero-order valence-electron chi connectivity index (χ0n) is 13.8. The summed E-state index contributed by atoms with van der Waals surface area (Å²) in [6, 6.07) is 2.52. The van der Waals surface area contributed by atoms with Crippen molar-refractivity contribution in [3.63, 3.8) is 0 Å². The zero-order chi connectivity index (χ0) is 15.1. The van der Waals surface area contributed by atoms with Gasteiger partial charge in [0.2, 0.25) is 0 Å². The Morgan fingerprint density at radius 1 is 1.35 bits per heavy atom. The predicted octanol–water partition coefficient (Wildman–Crippen LogP) is 2.80. The molecule has 0 spiro atoms. The highest BCUT2D eigenvalue weighted by molar-refractivity contribution is 5.20. The average Bonchev–Trinajstić information content (AvgIpc) is 2.69. The molecule has 20 heavy (non-hydrogen) atoms. The van der Waals surface area contributed by atoms with Crippen molar-refractivity contribution in [2.75, 3.05) is 27.3 Å². The number of methoxy groups -OCH3 is 1. The molecule has 1 heterocycles. The Kier molecular flexibility index (Phi) is 7.27. The summed E-state index contributed by atoms with van der Waals surface area (Å²) >= 11 is 0. The first-order valence-electron chi connectivity index (χ1n) is 7.42. The van der Waals surface area contributed by atoms with Gasteiger partial charge in [0.25, 0.3) is 0 Å². The van der Waals surface area contributed by atoms with Crippen LogP contribution in [0, 0.1) is 12.8 Å². The number of nitrogens with zero attached hydrogens (tertiary/aromatic N) is 1. The van der Waals surface area contributed by atoms with Crippen molar-refractivity contribution >= 4 is 0 Å². The fourth-order valence-electron chi connectivity index (χ4n) is 2.09. The summed E-state index contributed by atoms with van der Waals surface area (Å²) in [5.41, 5.74) is 1.23. The normalized spacial score (nSPS) is 13.4. The molecule has 0 fully saturated rings. The molecule has 1 aromatic heterocycles. The number of nitrogens with one attached hydrogen (secondary N) is 1. The molecule has 116 valence electrons. The van der Waals surface area contributed by atoms with Gasteiger partial charge in [0.15, 0.2) is 0 Å². The van der Waals surface area contributed by atoms with E-state index in [1.165, 1.54) is 5.56 Å². The molecule has 1 unspecified atom stereocenters. The van der Waals surface area contributed by atoms with Gasteiger partial charge >= 0.3 is 0 Å². The number of likely N-dealkylation sites (N-methyl/N-ethyl adjacent to an activating group) is 1. The molecule has 1 N–H and O–H groups in total. The Morgan fingerprint density at radius 2 is 2.05 bits per heavy atom. The maximum absolute atomic E-state index is 5.95. The second-order valence-corrected chi connectivity index (χ2v) is 6.06. The number of rotatable bonds is 9. The van der Waals surface area contributed by atoms with Crippen molar-refractivity contribution in [2.24, 2.45) is 5.92 Å². The lowest BCUT2D eigenvalue weighted by molar-refractivity contribution is 0.107. The molecule has 0 saturated carbocycles. The van der Waals surface area contributed by atoms with E-state index in [9.17, 15) is 0 Å². The van der Waals surface area contributed by atoms with Gasteiger partial charge in [-0.25, -0.2) is 0 Å². The van der Waals surface area contributed by atoms with Gasteiger partial charge < -0.3 is 14.5 Å². The van der Waals surface area contributed by atoms with Crippen molar-refractivity contribution in [2.45, 2.75) is 46.8 Å². The third-order valence-corrected chi connectivity index (χ3v) is 3.48. The highest BCUT2D eigenvalue weighted by Gasteiger charge is 2.13. The van der Waals surface area contributed by atoms with Gasteiger partial charge in [-0.2, -0.15) is 0 Å². The lowest BCUT2D eigenvalue weighted by atomic mass is 10.2. The average molecular weight is 282 g/mol. The molecular formula is C16H30N2O2. The first-order valence-corrected chi connectivity index (χ1v) is 7.42. The summed E-state index contributed by atoms with van der Waals surface area (Å²) < 4.78 is 11.1.